The number of rotatable bonds is 4. The number of likely N-dealkylation sites (tertiary alicyclic amines) is 1. The van der Waals surface area contributed by atoms with E-state index in [1.807, 2.05) is 24.5 Å². The van der Waals surface area contributed by atoms with Gasteiger partial charge in [0.15, 0.2) is 0 Å². The first-order valence-electron chi connectivity index (χ1n) is 7.92. The molecule has 1 aliphatic rings. The maximum Gasteiger partial charge on any atom is 0.136 e. The molecule has 3 aromatic rings. The predicted octanol–water partition coefficient (Wildman–Crippen LogP) is 0.953. The van der Waals surface area contributed by atoms with Gasteiger partial charge in [-0.1, -0.05) is 11.3 Å². The molecular weight excluding hydrogens is 292 g/mol. The van der Waals surface area contributed by atoms with Crippen LogP contribution in [0.5, 0.6) is 0 Å². The molecule has 1 unspecified atom stereocenters. The smallest absolute Gasteiger partial charge is 0.136 e. The summed E-state index contributed by atoms with van der Waals surface area (Å²) in [6.07, 6.45) is 9.00. The molecule has 0 bridgehead atoms. The minimum absolute atomic E-state index is 0.485. The Balaban J connectivity index is 1.50. The van der Waals surface area contributed by atoms with E-state index >= 15 is 0 Å². The van der Waals surface area contributed by atoms with Crippen molar-refractivity contribution in [3.05, 3.63) is 48.7 Å². The second-order valence-electron chi connectivity index (χ2n) is 6.31. The number of β-amino-alcohol motifs (C(OH)–C–C–N with tert-alkyl or cyclic N) is 1. The Morgan fingerprint density at radius 3 is 3.04 bits per heavy atom. The van der Waals surface area contributed by atoms with Gasteiger partial charge in [0.05, 0.1) is 18.3 Å². The van der Waals surface area contributed by atoms with Crippen molar-refractivity contribution < 1.29 is 5.11 Å². The molecule has 3 aromatic heterocycles. The van der Waals surface area contributed by atoms with E-state index in [1.54, 1.807) is 17.1 Å². The number of hydrogen-bond acceptors (Lipinski definition) is 5. The Bertz CT molecular complexity index is 783. The molecule has 7 heteroatoms. The zero-order valence-corrected chi connectivity index (χ0v) is 12.9. The highest BCUT2D eigenvalue weighted by molar-refractivity contribution is 5.39. The molecule has 23 heavy (non-hydrogen) atoms. The van der Waals surface area contributed by atoms with Gasteiger partial charge in [-0.15, -0.1) is 5.10 Å². The van der Waals surface area contributed by atoms with Gasteiger partial charge < -0.3 is 9.51 Å². The third kappa shape index (κ3) is 2.97. The summed E-state index contributed by atoms with van der Waals surface area (Å²) in [6, 6.07) is 6.14. The van der Waals surface area contributed by atoms with Crippen LogP contribution in [0, 0.1) is 0 Å². The number of piperidine rings is 1. The zero-order valence-electron chi connectivity index (χ0n) is 12.9. The van der Waals surface area contributed by atoms with Gasteiger partial charge in [-0.25, -0.2) is 9.67 Å². The molecule has 0 amide bonds. The first-order chi connectivity index (χ1) is 11.2. The highest BCUT2D eigenvalue weighted by atomic mass is 16.3. The van der Waals surface area contributed by atoms with Crippen molar-refractivity contribution in [1.82, 2.24) is 29.3 Å². The Kier molecular flexibility index (Phi) is 3.59. The summed E-state index contributed by atoms with van der Waals surface area (Å²) in [5.41, 5.74) is 1.39. The molecule has 7 nitrogen and oxygen atoms in total. The van der Waals surface area contributed by atoms with Crippen molar-refractivity contribution in [2.45, 2.75) is 31.5 Å². The molecule has 0 aromatic carbocycles. The van der Waals surface area contributed by atoms with Crippen LogP contribution >= 0.6 is 0 Å². The SMILES string of the molecule is OC1(Cn2ccnn2)CCCN(Cc2cccc3nccn23)C1. The van der Waals surface area contributed by atoms with Crippen LogP contribution in [0.25, 0.3) is 5.65 Å². The van der Waals surface area contributed by atoms with Crippen LogP contribution in [-0.2, 0) is 13.1 Å². The summed E-state index contributed by atoms with van der Waals surface area (Å²) in [6.45, 7) is 2.91. The summed E-state index contributed by atoms with van der Waals surface area (Å²) >= 11 is 0. The molecule has 4 rings (SSSR count). The molecule has 1 N–H and O–H groups in total. The number of pyridine rings is 1. The van der Waals surface area contributed by atoms with E-state index in [4.69, 9.17) is 0 Å². The fourth-order valence-corrected chi connectivity index (χ4v) is 3.45. The Morgan fingerprint density at radius 1 is 1.22 bits per heavy atom. The van der Waals surface area contributed by atoms with Crippen LogP contribution in [0.4, 0.5) is 0 Å². The van der Waals surface area contributed by atoms with Crippen LogP contribution in [0.15, 0.2) is 43.0 Å². The lowest BCUT2D eigenvalue weighted by Gasteiger charge is -2.39. The summed E-state index contributed by atoms with van der Waals surface area (Å²) < 4.78 is 3.81. The summed E-state index contributed by atoms with van der Waals surface area (Å²) in [5, 5.41) is 18.7. The van der Waals surface area contributed by atoms with Crippen LogP contribution in [0.2, 0.25) is 0 Å². The first kappa shape index (κ1) is 14.3. The van der Waals surface area contributed by atoms with Crippen LogP contribution in [0.3, 0.4) is 0 Å². The number of hydrogen-bond donors (Lipinski definition) is 1. The van der Waals surface area contributed by atoms with Gasteiger partial charge in [-0.3, -0.25) is 4.90 Å². The summed E-state index contributed by atoms with van der Waals surface area (Å²) in [5.74, 6) is 0. The maximum absolute atomic E-state index is 10.9. The van der Waals surface area contributed by atoms with Gasteiger partial charge in [0.25, 0.3) is 0 Å². The fourth-order valence-electron chi connectivity index (χ4n) is 3.45. The zero-order chi connectivity index (χ0) is 15.7. The quantitative estimate of drug-likeness (QED) is 0.777. The molecular formula is C16H20N6O. The topological polar surface area (TPSA) is 71.5 Å². The first-order valence-corrected chi connectivity index (χ1v) is 7.92. The second-order valence-corrected chi connectivity index (χ2v) is 6.31. The van der Waals surface area contributed by atoms with Gasteiger partial charge in [-0.2, -0.15) is 0 Å². The Labute approximate surface area is 134 Å². The van der Waals surface area contributed by atoms with Crippen molar-refractivity contribution in [3.8, 4) is 0 Å². The summed E-state index contributed by atoms with van der Waals surface area (Å²) in [7, 11) is 0. The van der Waals surface area contributed by atoms with Gasteiger partial charge in [0.2, 0.25) is 0 Å². The molecule has 1 aliphatic heterocycles. The van der Waals surface area contributed by atoms with Crippen molar-refractivity contribution >= 4 is 5.65 Å². The average Bonchev–Trinajstić information content (AvgIpc) is 3.18. The van der Waals surface area contributed by atoms with E-state index in [0.717, 1.165) is 31.6 Å². The minimum Gasteiger partial charge on any atom is -0.387 e. The van der Waals surface area contributed by atoms with Crippen molar-refractivity contribution in [3.63, 3.8) is 0 Å². The largest absolute Gasteiger partial charge is 0.387 e. The number of imidazole rings is 1. The van der Waals surface area contributed by atoms with Crippen LogP contribution in [0.1, 0.15) is 18.5 Å². The van der Waals surface area contributed by atoms with Crippen molar-refractivity contribution in [1.29, 1.82) is 0 Å². The maximum atomic E-state index is 10.9. The van der Waals surface area contributed by atoms with Crippen molar-refractivity contribution in [2.75, 3.05) is 13.1 Å². The fraction of sp³-hybridized carbons (Fsp3) is 0.438. The van der Waals surface area contributed by atoms with E-state index in [9.17, 15) is 5.11 Å². The average molecular weight is 312 g/mol. The monoisotopic (exact) mass is 312 g/mol. The third-order valence-corrected chi connectivity index (χ3v) is 4.46. The second kappa shape index (κ2) is 5.75. The molecule has 0 aliphatic carbocycles. The van der Waals surface area contributed by atoms with Gasteiger partial charge in [0.1, 0.15) is 5.65 Å². The molecule has 120 valence electrons. The molecule has 0 saturated carbocycles. The van der Waals surface area contributed by atoms with E-state index in [1.165, 1.54) is 5.69 Å². The molecule has 1 saturated heterocycles. The lowest BCUT2D eigenvalue weighted by molar-refractivity contribution is -0.0481. The molecule has 1 atom stereocenters. The van der Waals surface area contributed by atoms with Gasteiger partial charge in [-0.05, 0) is 31.5 Å². The van der Waals surface area contributed by atoms with Crippen LogP contribution in [-0.4, -0.2) is 53.1 Å². The third-order valence-electron chi connectivity index (χ3n) is 4.46. The molecule has 0 spiro atoms. The van der Waals surface area contributed by atoms with E-state index in [2.05, 4.69) is 30.7 Å². The number of aromatic nitrogens is 5. The van der Waals surface area contributed by atoms with Crippen molar-refractivity contribution in [2.24, 2.45) is 0 Å². The van der Waals surface area contributed by atoms with Crippen LogP contribution < -0.4 is 0 Å². The van der Waals surface area contributed by atoms with E-state index < -0.39 is 5.60 Å². The molecule has 4 heterocycles. The van der Waals surface area contributed by atoms with Gasteiger partial charge in [0, 0.05) is 37.4 Å². The summed E-state index contributed by atoms with van der Waals surface area (Å²) in [4.78, 5) is 6.63. The highest BCUT2D eigenvalue weighted by Gasteiger charge is 2.34. The predicted molar refractivity (Wildman–Crippen MR) is 84.7 cm³/mol. The number of aliphatic hydroxyl groups is 1. The highest BCUT2D eigenvalue weighted by Crippen LogP contribution is 2.24. The minimum atomic E-state index is -0.755. The molecule has 0 radical (unpaired) electrons. The van der Waals surface area contributed by atoms with E-state index in [0.29, 0.717) is 13.1 Å². The lowest BCUT2D eigenvalue weighted by Crippen LogP contribution is -2.50. The Hall–Kier alpha value is -2.25. The Morgan fingerprint density at radius 2 is 2.17 bits per heavy atom. The number of fused-ring (bicyclic) bond motifs is 1. The normalized spacial score (nSPS) is 22.7. The van der Waals surface area contributed by atoms with E-state index in [-0.39, 0.29) is 0 Å². The lowest BCUT2D eigenvalue weighted by atomic mass is 9.92. The molecule has 1 fully saturated rings. The number of nitrogens with zero attached hydrogens (tertiary/aromatic N) is 6. The van der Waals surface area contributed by atoms with Gasteiger partial charge >= 0.3 is 0 Å². The standard InChI is InChI=1S/C16H20N6O/c23-16(13-21-9-7-18-19-21)5-2-8-20(12-16)11-14-3-1-4-15-17-6-10-22(14)15/h1,3-4,6-7,9-10,23H,2,5,8,11-13H2.